The van der Waals surface area contributed by atoms with Gasteiger partial charge in [0.1, 0.15) is 11.3 Å². The van der Waals surface area contributed by atoms with Crippen LogP contribution in [-0.2, 0) is 0 Å². The summed E-state index contributed by atoms with van der Waals surface area (Å²) in [5.74, 6) is -0.0376. The van der Waals surface area contributed by atoms with Gasteiger partial charge in [0.05, 0.1) is 22.8 Å². The van der Waals surface area contributed by atoms with Gasteiger partial charge in [0.15, 0.2) is 5.76 Å². The molecule has 0 bridgehead atoms. The van der Waals surface area contributed by atoms with Crippen LogP contribution in [0.4, 0.5) is 5.69 Å². The first-order valence-corrected chi connectivity index (χ1v) is 10.9. The number of aromatic nitrogens is 1. The van der Waals surface area contributed by atoms with E-state index in [-0.39, 0.29) is 17.5 Å². The molecule has 7 heteroatoms. The minimum absolute atomic E-state index is 0.0593. The van der Waals surface area contributed by atoms with Gasteiger partial charge in [-0.25, -0.2) is 0 Å². The van der Waals surface area contributed by atoms with E-state index in [0.717, 1.165) is 10.9 Å². The van der Waals surface area contributed by atoms with Gasteiger partial charge in [-0.1, -0.05) is 18.2 Å². The van der Waals surface area contributed by atoms with Crippen molar-refractivity contribution in [2.45, 2.75) is 0 Å². The minimum atomic E-state index is -0.354. The number of ketones is 1. The van der Waals surface area contributed by atoms with Crippen molar-refractivity contribution in [2.24, 2.45) is 0 Å². The lowest BCUT2D eigenvalue weighted by Crippen LogP contribution is -2.14. The van der Waals surface area contributed by atoms with Gasteiger partial charge in [-0.3, -0.25) is 14.6 Å². The summed E-state index contributed by atoms with van der Waals surface area (Å²) in [4.78, 5) is 30.8. The van der Waals surface area contributed by atoms with Crippen LogP contribution in [0, 0.1) is 0 Å². The lowest BCUT2D eigenvalue weighted by molar-refractivity contribution is 0.101. The number of halogens is 1. The molecule has 0 radical (unpaired) electrons. The van der Waals surface area contributed by atoms with Crippen molar-refractivity contribution >= 4 is 55.2 Å². The molecule has 1 N–H and O–H groups in total. The average Bonchev–Trinajstić information content (AvgIpc) is 3.21. The highest BCUT2D eigenvalue weighted by molar-refractivity contribution is 9.10. The maximum Gasteiger partial charge on any atom is 0.255 e. The number of para-hydroxylation sites is 1. The van der Waals surface area contributed by atoms with Crippen LogP contribution in [0.25, 0.3) is 21.9 Å². The highest BCUT2D eigenvalue weighted by Crippen LogP contribution is 2.34. The lowest BCUT2D eigenvalue weighted by atomic mass is 10.1. The number of carbonyl (C=O) groups excluding carboxylic acids is 2. The number of anilines is 1. The van der Waals surface area contributed by atoms with Gasteiger partial charge in [-0.15, -0.1) is 0 Å². The van der Waals surface area contributed by atoms with Crippen LogP contribution in [0.2, 0.25) is 0 Å². The topological polar surface area (TPSA) is 81.4 Å². The first-order chi connectivity index (χ1) is 16.0. The zero-order valence-corrected chi connectivity index (χ0v) is 19.0. The van der Waals surface area contributed by atoms with Crippen LogP contribution in [0.1, 0.15) is 26.5 Å². The van der Waals surface area contributed by atoms with Crippen molar-refractivity contribution in [3.05, 3.63) is 100 Å². The Morgan fingerprint density at radius 2 is 1.79 bits per heavy atom. The second-order valence-electron chi connectivity index (χ2n) is 7.35. The number of rotatable bonds is 5. The molecule has 0 aliphatic carbocycles. The Labute approximate surface area is 197 Å². The minimum Gasteiger partial charge on any atom is -0.496 e. The first kappa shape index (κ1) is 20.9. The number of amides is 1. The van der Waals surface area contributed by atoms with E-state index in [4.69, 9.17) is 9.15 Å². The number of benzene rings is 3. The summed E-state index contributed by atoms with van der Waals surface area (Å²) in [5, 5.41) is 4.38. The molecule has 0 spiro atoms. The van der Waals surface area contributed by atoms with Crippen LogP contribution in [0.15, 0.2) is 87.9 Å². The molecular formula is C26H17BrN2O4. The second-order valence-corrected chi connectivity index (χ2v) is 8.20. The number of ether oxygens (including phenoxy) is 1. The molecule has 0 aliphatic heterocycles. The number of pyridine rings is 1. The predicted octanol–water partition coefficient (Wildman–Crippen LogP) is 6.24. The van der Waals surface area contributed by atoms with Crippen LogP contribution in [0.3, 0.4) is 0 Å². The standard InChI is InChI=1S/C26H17BrN2O4/c1-32-22-11-9-16(14-19(22)27)24(30)25-23(18-6-2-3-7-21(18)33-25)29-26(31)17-8-10-20-15(13-17)5-4-12-28-20/h2-14H,1H3,(H,29,31). The third-order valence-corrected chi connectivity index (χ3v) is 5.94. The molecule has 0 saturated heterocycles. The highest BCUT2D eigenvalue weighted by atomic mass is 79.9. The van der Waals surface area contributed by atoms with Crippen molar-refractivity contribution in [1.82, 2.24) is 4.98 Å². The molecule has 6 nitrogen and oxygen atoms in total. The van der Waals surface area contributed by atoms with Crippen LogP contribution in [-0.4, -0.2) is 23.8 Å². The van der Waals surface area contributed by atoms with Crippen molar-refractivity contribution < 1.29 is 18.7 Å². The van der Waals surface area contributed by atoms with Gasteiger partial charge >= 0.3 is 0 Å². The maximum atomic E-state index is 13.4. The molecule has 0 fully saturated rings. The molecule has 5 rings (SSSR count). The first-order valence-electron chi connectivity index (χ1n) is 10.1. The Kier molecular flexibility index (Phi) is 5.40. The molecule has 0 aliphatic rings. The highest BCUT2D eigenvalue weighted by Gasteiger charge is 2.24. The van der Waals surface area contributed by atoms with Crippen molar-refractivity contribution in [3.63, 3.8) is 0 Å². The van der Waals surface area contributed by atoms with E-state index < -0.39 is 0 Å². The summed E-state index contributed by atoms with van der Waals surface area (Å²) in [6.07, 6.45) is 1.70. The molecule has 2 aromatic heterocycles. The number of methoxy groups -OCH3 is 1. The summed E-state index contributed by atoms with van der Waals surface area (Å²) >= 11 is 3.41. The number of furan rings is 1. The number of hydrogen-bond donors (Lipinski definition) is 1. The number of hydrogen-bond acceptors (Lipinski definition) is 5. The fourth-order valence-electron chi connectivity index (χ4n) is 3.67. The molecular weight excluding hydrogens is 484 g/mol. The monoisotopic (exact) mass is 500 g/mol. The van der Waals surface area contributed by atoms with Gasteiger partial charge in [0.2, 0.25) is 5.78 Å². The average molecular weight is 501 g/mol. The smallest absolute Gasteiger partial charge is 0.255 e. The summed E-state index contributed by atoms with van der Waals surface area (Å²) in [6.45, 7) is 0. The molecule has 0 atom stereocenters. The van der Waals surface area contributed by atoms with Crippen molar-refractivity contribution in [1.29, 1.82) is 0 Å². The van der Waals surface area contributed by atoms with E-state index in [1.807, 2.05) is 24.3 Å². The van der Waals surface area contributed by atoms with Crippen molar-refractivity contribution in [3.8, 4) is 5.75 Å². The third-order valence-electron chi connectivity index (χ3n) is 5.32. The number of nitrogens with zero attached hydrogens (tertiary/aromatic N) is 1. The lowest BCUT2D eigenvalue weighted by Gasteiger charge is -2.08. The van der Waals surface area contributed by atoms with E-state index in [9.17, 15) is 9.59 Å². The predicted molar refractivity (Wildman–Crippen MR) is 130 cm³/mol. The number of nitrogens with one attached hydrogen (secondary N) is 1. The summed E-state index contributed by atoms with van der Waals surface area (Å²) < 4.78 is 11.8. The normalized spacial score (nSPS) is 11.0. The quantitative estimate of drug-likeness (QED) is 0.289. The third kappa shape index (κ3) is 3.87. The van der Waals surface area contributed by atoms with Gasteiger partial charge < -0.3 is 14.5 Å². The fraction of sp³-hybridized carbons (Fsp3) is 0.0385. The van der Waals surface area contributed by atoms with Crippen molar-refractivity contribution in [2.75, 3.05) is 12.4 Å². The molecule has 5 aromatic rings. The van der Waals surface area contributed by atoms with Gasteiger partial charge in [0, 0.05) is 28.1 Å². The van der Waals surface area contributed by atoms with Crippen LogP contribution in [0.5, 0.6) is 5.75 Å². The molecule has 1 amide bonds. The zero-order valence-electron chi connectivity index (χ0n) is 17.5. The van der Waals surface area contributed by atoms with E-state index in [2.05, 4.69) is 26.2 Å². The molecule has 0 saturated carbocycles. The molecule has 162 valence electrons. The van der Waals surface area contributed by atoms with Crippen LogP contribution >= 0.6 is 15.9 Å². The Morgan fingerprint density at radius 1 is 0.970 bits per heavy atom. The van der Waals surface area contributed by atoms with Crippen LogP contribution < -0.4 is 10.1 Å². The fourth-order valence-corrected chi connectivity index (χ4v) is 4.21. The Bertz CT molecular complexity index is 1540. The summed E-state index contributed by atoms with van der Waals surface area (Å²) in [6, 6.07) is 21.2. The molecule has 33 heavy (non-hydrogen) atoms. The molecule has 2 heterocycles. The van der Waals surface area contributed by atoms with Gasteiger partial charge in [-0.2, -0.15) is 0 Å². The van der Waals surface area contributed by atoms with E-state index in [1.165, 1.54) is 0 Å². The van der Waals surface area contributed by atoms with E-state index in [0.29, 0.717) is 38.0 Å². The van der Waals surface area contributed by atoms with Gasteiger partial charge in [-0.05, 0) is 70.5 Å². The maximum absolute atomic E-state index is 13.4. The Balaban J connectivity index is 1.56. The van der Waals surface area contributed by atoms with Gasteiger partial charge in [0.25, 0.3) is 5.91 Å². The zero-order chi connectivity index (χ0) is 22.9. The second kappa shape index (κ2) is 8.52. The number of carbonyl (C=O) groups is 2. The Hall–Kier alpha value is -3.97. The summed E-state index contributed by atoms with van der Waals surface area (Å²) in [5.41, 5.74) is 2.48. The summed E-state index contributed by atoms with van der Waals surface area (Å²) in [7, 11) is 1.55. The SMILES string of the molecule is COc1ccc(C(=O)c2oc3ccccc3c2NC(=O)c2ccc3ncccc3c2)cc1Br. The van der Waals surface area contributed by atoms with E-state index in [1.54, 1.807) is 61.8 Å². The largest absolute Gasteiger partial charge is 0.496 e. The molecule has 3 aromatic carbocycles. The number of fused-ring (bicyclic) bond motifs is 2. The Morgan fingerprint density at radius 3 is 2.61 bits per heavy atom. The molecule has 0 unspecified atom stereocenters. The van der Waals surface area contributed by atoms with E-state index >= 15 is 0 Å².